The average molecular weight is 421 g/mol. The molecule has 0 spiro atoms. The number of methoxy groups -OCH3 is 1. The second kappa shape index (κ2) is 12.6. The van der Waals surface area contributed by atoms with Crippen LogP contribution in [0.15, 0.2) is 42.5 Å². The number of nitrogen functional groups attached to an aromatic ring is 1. The van der Waals surface area contributed by atoms with Crippen LogP contribution < -0.4 is 21.5 Å². The van der Waals surface area contributed by atoms with Gasteiger partial charge in [0.25, 0.3) is 5.91 Å². The zero-order valence-corrected chi connectivity index (χ0v) is 17.8. The number of carbonyl (C=O) groups excluding carboxylic acids is 2. The summed E-state index contributed by atoms with van der Waals surface area (Å²) < 4.78 is 5.16. The summed E-state index contributed by atoms with van der Waals surface area (Å²) in [6.07, 6.45) is 0. The third-order valence-corrected chi connectivity index (χ3v) is 4.56. The molecular formula is C21H29ClN4O3. The zero-order valence-electron chi connectivity index (χ0n) is 17.1. The smallest absolute Gasteiger partial charge is 0.255 e. The Kier molecular flexibility index (Phi) is 10.6. The van der Waals surface area contributed by atoms with Crippen molar-refractivity contribution in [2.24, 2.45) is 5.73 Å². The summed E-state index contributed by atoms with van der Waals surface area (Å²) in [5, 5.41) is 3.21. The van der Waals surface area contributed by atoms with E-state index in [-0.39, 0.29) is 11.8 Å². The summed E-state index contributed by atoms with van der Waals surface area (Å²) in [6.45, 7) is 7.49. The van der Waals surface area contributed by atoms with Crippen LogP contribution in [0.2, 0.25) is 5.02 Å². The number of nitrogens with two attached hydrogens (primary N) is 2. The van der Waals surface area contributed by atoms with E-state index in [4.69, 9.17) is 27.8 Å². The molecule has 0 atom stereocenters. The number of nitrogens with zero attached hydrogens (tertiary/aromatic N) is 1. The molecule has 0 radical (unpaired) electrons. The van der Waals surface area contributed by atoms with Crippen LogP contribution in [-0.4, -0.2) is 50.0 Å². The Bertz CT molecular complexity index is 796. The van der Waals surface area contributed by atoms with Crippen molar-refractivity contribution in [1.29, 1.82) is 0 Å². The predicted molar refractivity (Wildman–Crippen MR) is 117 cm³/mol. The number of amides is 2. The molecule has 0 bridgehead atoms. The van der Waals surface area contributed by atoms with Gasteiger partial charge in [0.1, 0.15) is 5.75 Å². The Hall–Kier alpha value is -2.77. The summed E-state index contributed by atoms with van der Waals surface area (Å²) in [7, 11) is 1.50. The Balaban J connectivity index is 0.000000387. The van der Waals surface area contributed by atoms with Crippen LogP contribution in [0.25, 0.3) is 0 Å². The van der Waals surface area contributed by atoms with Crippen LogP contribution >= 0.6 is 11.6 Å². The van der Waals surface area contributed by atoms with Gasteiger partial charge in [-0.25, -0.2) is 0 Å². The molecule has 8 heteroatoms. The van der Waals surface area contributed by atoms with Crippen molar-refractivity contribution in [3.8, 4) is 5.75 Å². The molecule has 0 unspecified atom stereocenters. The molecule has 2 amide bonds. The molecular weight excluding hydrogens is 392 g/mol. The van der Waals surface area contributed by atoms with Gasteiger partial charge in [0.05, 0.1) is 23.4 Å². The Labute approximate surface area is 177 Å². The topological polar surface area (TPSA) is 111 Å². The fourth-order valence-corrected chi connectivity index (χ4v) is 2.64. The van der Waals surface area contributed by atoms with Crippen molar-refractivity contribution in [3.05, 3.63) is 58.6 Å². The first-order chi connectivity index (χ1) is 13.8. The first kappa shape index (κ1) is 24.3. The number of rotatable bonds is 8. The maximum absolute atomic E-state index is 12.1. The second-order valence-electron chi connectivity index (χ2n) is 6.09. The lowest BCUT2D eigenvalue weighted by molar-refractivity contribution is 0.0944. The molecule has 2 aromatic rings. The van der Waals surface area contributed by atoms with E-state index in [0.29, 0.717) is 34.1 Å². The molecule has 0 fully saturated rings. The Morgan fingerprint density at radius 1 is 1.14 bits per heavy atom. The number of halogens is 1. The summed E-state index contributed by atoms with van der Waals surface area (Å²) >= 11 is 5.95. The van der Waals surface area contributed by atoms with Crippen molar-refractivity contribution in [1.82, 2.24) is 10.2 Å². The van der Waals surface area contributed by atoms with Gasteiger partial charge in [-0.3, -0.25) is 9.59 Å². The number of nitrogens with one attached hydrogen (secondary N) is 1. The van der Waals surface area contributed by atoms with Crippen LogP contribution in [0.5, 0.6) is 5.75 Å². The van der Waals surface area contributed by atoms with Crippen LogP contribution in [0.3, 0.4) is 0 Å². The van der Waals surface area contributed by atoms with Crippen LogP contribution in [-0.2, 0) is 0 Å². The molecule has 0 aromatic heterocycles. The highest BCUT2D eigenvalue weighted by molar-refractivity contribution is 6.33. The van der Waals surface area contributed by atoms with E-state index in [1.54, 1.807) is 30.3 Å². The minimum absolute atomic E-state index is 0.212. The van der Waals surface area contributed by atoms with Crippen LogP contribution in [0.4, 0.5) is 5.69 Å². The number of primary amides is 1. The maximum atomic E-state index is 12.1. The summed E-state index contributed by atoms with van der Waals surface area (Å²) in [4.78, 5) is 24.8. The van der Waals surface area contributed by atoms with E-state index < -0.39 is 0 Å². The van der Waals surface area contributed by atoms with E-state index in [0.717, 1.165) is 19.6 Å². The van der Waals surface area contributed by atoms with Crippen molar-refractivity contribution >= 4 is 29.1 Å². The lowest BCUT2D eigenvalue weighted by atomic mass is 10.1. The number of ether oxygens (including phenoxy) is 1. The highest BCUT2D eigenvalue weighted by atomic mass is 35.5. The summed E-state index contributed by atoms with van der Waals surface area (Å²) in [6, 6.07) is 11.8. The van der Waals surface area contributed by atoms with Crippen LogP contribution in [0, 0.1) is 0 Å². The van der Waals surface area contributed by atoms with Gasteiger partial charge >= 0.3 is 0 Å². The molecule has 158 valence electrons. The minimum atomic E-state index is -0.379. The lowest BCUT2D eigenvalue weighted by Gasteiger charge is -2.18. The number of benzene rings is 2. The molecule has 0 saturated heterocycles. The average Bonchev–Trinajstić information content (AvgIpc) is 2.73. The van der Waals surface area contributed by atoms with Gasteiger partial charge in [0.2, 0.25) is 5.91 Å². The predicted octanol–water partition coefficient (Wildman–Crippen LogP) is 2.79. The molecule has 29 heavy (non-hydrogen) atoms. The number of carbonyl (C=O) groups is 2. The standard InChI is InChI=1S/C14H22ClN3O2.C7H7NO/c1-4-18(5-2)7-6-17-14(19)10-8-11(15)12(16)9-13(10)20-3;8-7(9)6-4-2-1-3-5-6/h8-9H,4-7,16H2,1-3H3,(H,17,19);1-5H,(H2,8,9). The first-order valence-corrected chi connectivity index (χ1v) is 9.70. The maximum Gasteiger partial charge on any atom is 0.255 e. The lowest BCUT2D eigenvalue weighted by Crippen LogP contribution is -2.34. The molecule has 5 N–H and O–H groups in total. The third kappa shape index (κ3) is 8.01. The van der Waals surface area contributed by atoms with Crippen molar-refractivity contribution < 1.29 is 14.3 Å². The fraction of sp³-hybridized carbons (Fsp3) is 0.333. The van der Waals surface area contributed by atoms with E-state index in [1.165, 1.54) is 13.2 Å². The third-order valence-electron chi connectivity index (χ3n) is 4.23. The Morgan fingerprint density at radius 3 is 2.24 bits per heavy atom. The largest absolute Gasteiger partial charge is 0.496 e. The minimum Gasteiger partial charge on any atom is -0.496 e. The molecule has 2 aromatic carbocycles. The molecule has 0 aliphatic rings. The number of likely N-dealkylation sites (N-methyl/N-ethyl adjacent to an activating group) is 1. The van der Waals surface area contributed by atoms with E-state index in [9.17, 15) is 9.59 Å². The first-order valence-electron chi connectivity index (χ1n) is 9.32. The van der Waals surface area contributed by atoms with Gasteiger partial charge in [-0.05, 0) is 31.3 Å². The van der Waals surface area contributed by atoms with Gasteiger partial charge in [-0.1, -0.05) is 43.6 Å². The van der Waals surface area contributed by atoms with E-state index in [2.05, 4.69) is 24.1 Å². The van der Waals surface area contributed by atoms with E-state index >= 15 is 0 Å². The normalized spacial score (nSPS) is 10.1. The van der Waals surface area contributed by atoms with Crippen molar-refractivity contribution in [2.45, 2.75) is 13.8 Å². The van der Waals surface area contributed by atoms with Gasteiger partial charge in [-0.15, -0.1) is 0 Å². The van der Waals surface area contributed by atoms with Crippen LogP contribution in [0.1, 0.15) is 34.6 Å². The fourth-order valence-electron chi connectivity index (χ4n) is 2.48. The van der Waals surface area contributed by atoms with Gasteiger partial charge in [0.15, 0.2) is 0 Å². The van der Waals surface area contributed by atoms with Crippen molar-refractivity contribution in [2.75, 3.05) is 39.0 Å². The highest BCUT2D eigenvalue weighted by Crippen LogP contribution is 2.28. The SMILES string of the molecule is CCN(CC)CCNC(=O)c1cc(Cl)c(N)cc1OC.NC(=O)c1ccccc1. The van der Waals surface area contributed by atoms with Gasteiger partial charge < -0.3 is 26.4 Å². The van der Waals surface area contributed by atoms with E-state index in [1.807, 2.05) is 6.07 Å². The Morgan fingerprint density at radius 2 is 1.76 bits per heavy atom. The number of hydrogen-bond acceptors (Lipinski definition) is 5. The molecule has 0 heterocycles. The van der Waals surface area contributed by atoms with Crippen molar-refractivity contribution in [3.63, 3.8) is 0 Å². The molecule has 0 aliphatic heterocycles. The molecule has 0 saturated carbocycles. The number of anilines is 1. The molecule has 2 rings (SSSR count). The number of hydrogen-bond donors (Lipinski definition) is 3. The molecule has 7 nitrogen and oxygen atoms in total. The highest BCUT2D eigenvalue weighted by Gasteiger charge is 2.14. The van der Waals surface area contributed by atoms with Gasteiger partial charge in [0, 0.05) is 24.7 Å². The second-order valence-corrected chi connectivity index (χ2v) is 6.49. The summed E-state index contributed by atoms with van der Waals surface area (Å²) in [5.74, 6) is -0.168. The zero-order chi connectivity index (χ0) is 21.8. The monoisotopic (exact) mass is 420 g/mol. The summed E-state index contributed by atoms with van der Waals surface area (Å²) in [5.41, 5.74) is 12.0. The quantitative estimate of drug-likeness (QED) is 0.568. The molecule has 0 aliphatic carbocycles. The van der Waals surface area contributed by atoms with Gasteiger partial charge in [-0.2, -0.15) is 0 Å².